The van der Waals surface area contributed by atoms with Crippen molar-refractivity contribution in [3.63, 3.8) is 0 Å². The smallest absolute Gasteiger partial charge is 0.339 e. The number of halogens is 2. The van der Waals surface area contributed by atoms with E-state index in [1.807, 2.05) is 13.8 Å². The fourth-order valence-corrected chi connectivity index (χ4v) is 2.21. The zero-order chi connectivity index (χ0) is 21.0. The summed E-state index contributed by atoms with van der Waals surface area (Å²) in [7, 11) is 1.24. The minimum Gasteiger partial charge on any atom is -0.479 e. The summed E-state index contributed by atoms with van der Waals surface area (Å²) >= 11 is 6.45. The van der Waals surface area contributed by atoms with Crippen molar-refractivity contribution in [1.29, 1.82) is 0 Å². The Kier molecular flexibility index (Phi) is 12.6. The fraction of sp³-hybridized carbons (Fsp3) is 0.263. The van der Waals surface area contributed by atoms with Gasteiger partial charge in [0.1, 0.15) is 0 Å². The largest absolute Gasteiger partial charge is 0.479 e. The molecule has 0 aromatic heterocycles. The van der Waals surface area contributed by atoms with E-state index in [0.29, 0.717) is 11.1 Å². The van der Waals surface area contributed by atoms with Gasteiger partial charge in [-0.2, -0.15) is 0 Å². The Morgan fingerprint density at radius 3 is 1.44 bits per heavy atom. The number of aliphatic hydroxyl groups is 2. The molecule has 8 heteroatoms. The second kappa shape index (κ2) is 13.4. The molecule has 0 aliphatic carbocycles. The Labute approximate surface area is 175 Å². The number of aliphatic hydroxyl groups excluding tert-OH is 2. The molecule has 6 nitrogen and oxygen atoms in total. The average molecular weight is 506 g/mol. The van der Waals surface area contributed by atoms with E-state index in [-0.39, 0.29) is 0 Å². The third-order valence-corrected chi connectivity index (χ3v) is 4.09. The lowest BCUT2D eigenvalue weighted by molar-refractivity contribution is -0.150. The molecule has 0 amide bonds. The number of rotatable bonds is 4. The van der Waals surface area contributed by atoms with Crippen molar-refractivity contribution in [2.45, 2.75) is 26.1 Å². The van der Waals surface area contributed by atoms with Gasteiger partial charge in [0.2, 0.25) is 0 Å². The number of esters is 1. The molecule has 0 spiro atoms. The van der Waals surface area contributed by atoms with E-state index in [1.54, 1.807) is 48.5 Å². The summed E-state index contributed by atoms with van der Waals surface area (Å²) < 4.78 is 6.14. The minimum atomic E-state index is -1.43. The molecule has 3 N–H and O–H groups in total. The lowest BCUT2D eigenvalue weighted by atomic mass is 10.1. The average Bonchev–Trinajstić information content (AvgIpc) is 2.69. The van der Waals surface area contributed by atoms with Crippen molar-refractivity contribution in [2.24, 2.45) is 0 Å². The van der Waals surface area contributed by atoms with E-state index in [4.69, 9.17) is 10.2 Å². The second-order valence-electron chi connectivity index (χ2n) is 4.77. The molecule has 27 heavy (non-hydrogen) atoms. The first kappa shape index (κ1) is 25.3. The van der Waals surface area contributed by atoms with Crippen LogP contribution in [0.5, 0.6) is 0 Å². The molecular weight excluding hydrogens is 484 g/mol. The van der Waals surface area contributed by atoms with Crippen LogP contribution in [-0.4, -0.2) is 34.4 Å². The first-order chi connectivity index (χ1) is 12.8. The van der Waals surface area contributed by atoms with Crippen molar-refractivity contribution < 1.29 is 29.6 Å². The molecule has 0 aliphatic heterocycles. The maximum atomic E-state index is 10.9. The highest BCUT2D eigenvalue weighted by Gasteiger charge is 2.17. The van der Waals surface area contributed by atoms with Crippen LogP contribution in [0.15, 0.2) is 57.5 Å². The van der Waals surface area contributed by atoms with Gasteiger partial charge in [0.05, 0.1) is 7.11 Å². The Morgan fingerprint density at radius 1 is 0.815 bits per heavy atom. The Hall–Kier alpha value is -1.74. The van der Waals surface area contributed by atoms with E-state index in [2.05, 4.69) is 36.6 Å². The van der Waals surface area contributed by atoms with Crippen LogP contribution >= 0.6 is 31.9 Å². The van der Waals surface area contributed by atoms with Crippen molar-refractivity contribution in [1.82, 2.24) is 0 Å². The normalized spacial score (nSPS) is 11.7. The molecule has 2 rings (SSSR count). The second-order valence-corrected chi connectivity index (χ2v) is 6.60. The number of carbonyl (C=O) groups excluding carboxylic acids is 1. The van der Waals surface area contributed by atoms with Gasteiger partial charge in [0.15, 0.2) is 12.2 Å². The number of methoxy groups -OCH3 is 1. The van der Waals surface area contributed by atoms with Gasteiger partial charge in [-0.3, -0.25) is 0 Å². The number of hydrogen-bond acceptors (Lipinski definition) is 5. The number of carbonyl (C=O) groups is 2. The van der Waals surface area contributed by atoms with E-state index >= 15 is 0 Å². The summed E-state index contributed by atoms with van der Waals surface area (Å²) in [5.74, 6) is -1.89. The van der Waals surface area contributed by atoms with Gasteiger partial charge >= 0.3 is 11.9 Å². The van der Waals surface area contributed by atoms with Crippen LogP contribution in [-0.2, 0) is 14.3 Å². The van der Waals surface area contributed by atoms with Crippen LogP contribution in [0.4, 0.5) is 0 Å². The lowest BCUT2D eigenvalue weighted by Crippen LogP contribution is -2.13. The predicted molar refractivity (Wildman–Crippen MR) is 109 cm³/mol. The van der Waals surface area contributed by atoms with Gasteiger partial charge in [-0.15, -0.1) is 0 Å². The zero-order valence-corrected chi connectivity index (χ0v) is 18.3. The summed E-state index contributed by atoms with van der Waals surface area (Å²) in [6.07, 6.45) is -2.63. The third kappa shape index (κ3) is 9.14. The first-order valence-corrected chi connectivity index (χ1v) is 9.52. The third-order valence-electron chi connectivity index (χ3n) is 3.03. The summed E-state index contributed by atoms with van der Waals surface area (Å²) in [6.45, 7) is 4.00. The quantitative estimate of drug-likeness (QED) is 0.536. The fourth-order valence-electron chi connectivity index (χ4n) is 1.68. The molecule has 0 heterocycles. The van der Waals surface area contributed by atoms with Crippen LogP contribution in [0.1, 0.15) is 37.2 Å². The van der Waals surface area contributed by atoms with Gasteiger partial charge in [-0.1, -0.05) is 70.0 Å². The number of carboxylic acids is 1. The minimum absolute atomic E-state index is 0.380. The maximum Gasteiger partial charge on any atom is 0.339 e. The highest BCUT2D eigenvalue weighted by molar-refractivity contribution is 9.10. The Morgan fingerprint density at radius 2 is 1.15 bits per heavy atom. The molecule has 0 radical (unpaired) electrons. The van der Waals surface area contributed by atoms with Crippen LogP contribution in [0, 0.1) is 0 Å². The number of aliphatic carboxylic acids is 1. The SMILES string of the molecule is CC.COC(=O)C(O)c1ccc(Br)cc1.O=C(O)C(O)c1ccc(Br)cc1. The molecular formula is C19H22Br2O6. The molecule has 0 saturated heterocycles. The van der Waals surface area contributed by atoms with Crippen molar-refractivity contribution in [2.75, 3.05) is 7.11 Å². The lowest BCUT2D eigenvalue weighted by Gasteiger charge is -2.07. The van der Waals surface area contributed by atoms with Crippen molar-refractivity contribution in [3.05, 3.63) is 68.6 Å². The molecule has 2 atom stereocenters. The first-order valence-electron chi connectivity index (χ1n) is 7.94. The van der Waals surface area contributed by atoms with Gasteiger partial charge in [-0.25, -0.2) is 9.59 Å². The number of hydrogen-bond donors (Lipinski definition) is 3. The summed E-state index contributed by atoms with van der Waals surface area (Å²) in [5, 5.41) is 26.9. The van der Waals surface area contributed by atoms with Gasteiger partial charge in [0.25, 0.3) is 0 Å². The predicted octanol–water partition coefficient (Wildman–Crippen LogP) is 4.25. The van der Waals surface area contributed by atoms with E-state index < -0.39 is 24.1 Å². The maximum absolute atomic E-state index is 10.9. The van der Waals surface area contributed by atoms with Crippen LogP contribution < -0.4 is 0 Å². The molecule has 148 valence electrons. The number of benzene rings is 2. The van der Waals surface area contributed by atoms with E-state index in [1.165, 1.54) is 7.11 Å². The van der Waals surface area contributed by atoms with E-state index in [0.717, 1.165) is 8.95 Å². The summed E-state index contributed by atoms with van der Waals surface area (Å²) in [5.41, 5.74) is 0.903. The summed E-state index contributed by atoms with van der Waals surface area (Å²) in [6, 6.07) is 13.3. The molecule has 0 bridgehead atoms. The molecule has 0 saturated carbocycles. The van der Waals surface area contributed by atoms with Crippen LogP contribution in [0.25, 0.3) is 0 Å². The molecule has 0 aliphatic rings. The number of ether oxygens (including phenoxy) is 1. The number of carboxylic acid groups (broad SMARTS) is 1. The zero-order valence-electron chi connectivity index (χ0n) is 15.1. The Balaban J connectivity index is 0.000000460. The molecule has 0 fully saturated rings. The van der Waals surface area contributed by atoms with E-state index in [9.17, 15) is 14.7 Å². The van der Waals surface area contributed by atoms with Gasteiger partial charge in [-0.05, 0) is 35.4 Å². The highest BCUT2D eigenvalue weighted by Crippen LogP contribution is 2.18. The monoisotopic (exact) mass is 504 g/mol. The molecule has 2 aromatic carbocycles. The van der Waals surface area contributed by atoms with Gasteiger partial charge in [0, 0.05) is 8.95 Å². The van der Waals surface area contributed by atoms with Gasteiger partial charge < -0.3 is 20.1 Å². The standard InChI is InChI=1S/C9H9BrO3.C8H7BrO3.C2H6/c1-13-9(12)8(11)6-2-4-7(10)5-3-6;9-6-3-1-5(2-4-6)7(10)8(11)12;1-2/h2-5,8,11H,1H3;1-4,7,10H,(H,11,12);1-2H3. The van der Waals surface area contributed by atoms with Crippen molar-refractivity contribution in [3.8, 4) is 0 Å². The highest BCUT2D eigenvalue weighted by atomic mass is 79.9. The van der Waals surface area contributed by atoms with Crippen LogP contribution in [0.3, 0.4) is 0 Å². The summed E-state index contributed by atoms with van der Waals surface area (Å²) in [4.78, 5) is 21.2. The topological polar surface area (TPSA) is 104 Å². The van der Waals surface area contributed by atoms with Crippen LogP contribution in [0.2, 0.25) is 0 Å². The van der Waals surface area contributed by atoms with Crippen molar-refractivity contribution >= 4 is 43.8 Å². The Bertz CT molecular complexity index is 701. The molecule has 2 aromatic rings. The molecule has 2 unspecified atom stereocenters.